The van der Waals surface area contributed by atoms with E-state index in [9.17, 15) is 0 Å². The Labute approximate surface area is 108 Å². The van der Waals surface area contributed by atoms with E-state index < -0.39 is 0 Å². The van der Waals surface area contributed by atoms with Crippen molar-refractivity contribution in [1.29, 1.82) is 0 Å². The highest BCUT2D eigenvalue weighted by atomic mass is 79.9. The van der Waals surface area contributed by atoms with Gasteiger partial charge in [-0.2, -0.15) is 0 Å². The summed E-state index contributed by atoms with van der Waals surface area (Å²) in [6, 6.07) is 9.18. The van der Waals surface area contributed by atoms with Crippen LogP contribution in [0, 0.1) is 0 Å². The van der Waals surface area contributed by atoms with Crippen LogP contribution in [0.5, 0.6) is 0 Å². The molecule has 0 aromatic heterocycles. The van der Waals surface area contributed by atoms with Gasteiger partial charge in [0, 0.05) is 4.83 Å². The molecule has 1 aliphatic carbocycles. The van der Waals surface area contributed by atoms with E-state index >= 15 is 0 Å². The lowest BCUT2D eigenvalue weighted by molar-refractivity contribution is 0.612. The van der Waals surface area contributed by atoms with Crippen molar-refractivity contribution in [1.82, 2.24) is 0 Å². The van der Waals surface area contributed by atoms with Gasteiger partial charge < -0.3 is 0 Å². The maximum Gasteiger partial charge on any atom is 0.0214 e. The molecule has 0 aliphatic heterocycles. The number of hydrogen-bond acceptors (Lipinski definition) is 0. The van der Waals surface area contributed by atoms with E-state index in [2.05, 4.69) is 47.1 Å². The highest BCUT2D eigenvalue weighted by Crippen LogP contribution is 2.36. The summed E-state index contributed by atoms with van der Waals surface area (Å²) in [5, 5.41) is 0. The van der Waals surface area contributed by atoms with E-state index in [4.69, 9.17) is 0 Å². The molecule has 1 fully saturated rings. The average molecular weight is 281 g/mol. The SMILES string of the molecule is CCc1cccc(C2CCCCCC2Br)c1. The van der Waals surface area contributed by atoms with E-state index in [0.29, 0.717) is 4.83 Å². The van der Waals surface area contributed by atoms with Crippen LogP contribution in [0.2, 0.25) is 0 Å². The summed E-state index contributed by atoms with van der Waals surface area (Å²) >= 11 is 3.89. The predicted octanol–water partition coefficient (Wildman–Crippen LogP) is 5.06. The lowest BCUT2D eigenvalue weighted by Gasteiger charge is -2.21. The molecule has 0 spiro atoms. The van der Waals surface area contributed by atoms with Crippen molar-refractivity contribution in [2.75, 3.05) is 0 Å². The normalized spacial score (nSPS) is 26.4. The third kappa shape index (κ3) is 2.88. The van der Waals surface area contributed by atoms with Gasteiger partial charge in [-0.15, -0.1) is 0 Å². The molecule has 0 nitrogen and oxygen atoms in total. The Bertz CT molecular complexity index is 332. The molecule has 1 heteroatoms. The second-order valence-corrected chi connectivity index (χ2v) is 6.04. The van der Waals surface area contributed by atoms with Crippen LogP contribution in [0.1, 0.15) is 56.1 Å². The lowest BCUT2D eigenvalue weighted by Crippen LogP contribution is -2.10. The molecule has 16 heavy (non-hydrogen) atoms. The van der Waals surface area contributed by atoms with E-state index in [-0.39, 0.29) is 0 Å². The molecule has 88 valence electrons. The zero-order chi connectivity index (χ0) is 11.4. The third-order valence-corrected chi connectivity index (χ3v) is 4.82. The van der Waals surface area contributed by atoms with Gasteiger partial charge in [-0.3, -0.25) is 0 Å². The van der Waals surface area contributed by atoms with Gasteiger partial charge in [-0.1, -0.05) is 66.4 Å². The summed E-state index contributed by atoms with van der Waals surface area (Å²) in [4.78, 5) is 0.683. The summed E-state index contributed by atoms with van der Waals surface area (Å²) in [6.45, 7) is 2.23. The number of aryl methyl sites for hydroxylation is 1. The van der Waals surface area contributed by atoms with Gasteiger partial charge in [0.1, 0.15) is 0 Å². The number of alkyl halides is 1. The summed E-state index contributed by atoms with van der Waals surface area (Å²) in [6.07, 6.45) is 8.02. The number of benzene rings is 1. The molecule has 2 unspecified atom stereocenters. The molecule has 1 aromatic rings. The first kappa shape index (κ1) is 12.2. The Morgan fingerprint density at radius 1 is 1.19 bits per heavy atom. The van der Waals surface area contributed by atoms with Crippen molar-refractivity contribution in [3.63, 3.8) is 0 Å². The first-order chi connectivity index (χ1) is 7.81. The van der Waals surface area contributed by atoms with Crippen molar-refractivity contribution in [2.45, 2.75) is 56.2 Å². The van der Waals surface area contributed by atoms with Gasteiger partial charge in [0.25, 0.3) is 0 Å². The van der Waals surface area contributed by atoms with Gasteiger partial charge in [0.15, 0.2) is 0 Å². The average Bonchev–Trinajstić information content (AvgIpc) is 2.54. The summed E-state index contributed by atoms with van der Waals surface area (Å²) in [5.74, 6) is 0.731. The molecular formula is C15H21Br. The van der Waals surface area contributed by atoms with Crippen LogP contribution in [-0.2, 0) is 6.42 Å². The topological polar surface area (TPSA) is 0 Å². The summed E-state index contributed by atoms with van der Waals surface area (Å²) in [7, 11) is 0. The highest BCUT2D eigenvalue weighted by molar-refractivity contribution is 9.09. The molecule has 1 aromatic carbocycles. The fraction of sp³-hybridized carbons (Fsp3) is 0.600. The minimum atomic E-state index is 0.683. The second-order valence-electron chi connectivity index (χ2n) is 4.86. The largest absolute Gasteiger partial charge is 0.0884 e. The van der Waals surface area contributed by atoms with Gasteiger partial charge in [0.05, 0.1) is 0 Å². The minimum Gasteiger partial charge on any atom is -0.0884 e. The quantitative estimate of drug-likeness (QED) is 0.525. The van der Waals surface area contributed by atoms with Crippen molar-refractivity contribution < 1.29 is 0 Å². The van der Waals surface area contributed by atoms with E-state index in [0.717, 1.165) is 12.3 Å². The fourth-order valence-electron chi connectivity index (χ4n) is 2.68. The van der Waals surface area contributed by atoms with Crippen molar-refractivity contribution >= 4 is 15.9 Å². The zero-order valence-electron chi connectivity index (χ0n) is 10.1. The molecular weight excluding hydrogens is 260 g/mol. The molecule has 1 saturated carbocycles. The smallest absolute Gasteiger partial charge is 0.0214 e. The van der Waals surface area contributed by atoms with Gasteiger partial charge >= 0.3 is 0 Å². The Hall–Kier alpha value is -0.300. The van der Waals surface area contributed by atoms with Crippen LogP contribution >= 0.6 is 15.9 Å². The first-order valence-corrected chi connectivity index (χ1v) is 7.45. The van der Waals surface area contributed by atoms with E-state index in [1.165, 1.54) is 37.7 Å². The van der Waals surface area contributed by atoms with Crippen LogP contribution in [0.25, 0.3) is 0 Å². The monoisotopic (exact) mass is 280 g/mol. The Morgan fingerprint density at radius 3 is 2.81 bits per heavy atom. The van der Waals surface area contributed by atoms with E-state index in [1.54, 1.807) is 5.56 Å². The first-order valence-electron chi connectivity index (χ1n) is 6.54. The molecule has 2 atom stereocenters. The van der Waals surface area contributed by atoms with Crippen LogP contribution in [-0.4, -0.2) is 4.83 Å². The van der Waals surface area contributed by atoms with Crippen LogP contribution in [0.4, 0.5) is 0 Å². The maximum atomic E-state index is 3.89. The lowest BCUT2D eigenvalue weighted by atomic mass is 9.90. The zero-order valence-corrected chi connectivity index (χ0v) is 11.7. The maximum absolute atomic E-state index is 3.89. The summed E-state index contributed by atoms with van der Waals surface area (Å²) < 4.78 is 0. The molecule has 0 amide bonds. The van der Waals surface area contributed by atoms with Crippen molar-refractivity contribution in [3.05, 3.63) is 35.4 Å². The number of rotatable bonds is 2. The van der Waals surface area contributed by atoms with Crippen molar-refractivity contribution in [2.24, 2.45) is 0 Å². The Kier molecular flexibility index (Phi) is 4.45. The molecule has 2 rings (SSSR count). The van der Waals surface area contributed by atoms with Gasteiger partial charge in [-0.05, 0) is 36.3 Å². The molecule has 1 aliphatic rings. The third-order valence-electron chi connectivity index (χ3n) is 3.72. The van der Waals surface area contributed by atoms with Gasteiger partial charge in [-0.25, -0.2) is 0 Å². The summed E-state index contributed by atoms with van der Waals surface area (Å²) in [5.41, 5.74) is 3.02. The molecule has 0 saturated heterocycles. The number of halogens is 1. The van der Waals surface area contributed by atoms with Crippen LogP contribution < -0.4 is 0 Å². The van der Waals surface area contributed by atoms with Crippen molar-refractivity contribution in [3.8, 4) is 0 Å². The number of hydrogen-bond donors (Lipinski definition) is 0. The van der Waals surface area contributed by atoms with Crippen LogP contribution in [0.3, 0.4) is 0 Å². The standard InChI is InChI=1S/C15H21Br/c1-2-12-7-6-8-13(11-12)14-9-4-3-5-10-15(14)16/h6-8,11,14-15H,2-5,9-10H2,1H3. The minimum absolute atomic E-state index is 0.683. The Balaban J connectivity index is 2.19. The highest BCUT2D eigenvalue weighted by Gasteiger charge is 2.22. The Morgan fingerprint density at radius 2 is 2.00 bits per heavy atom. The fourth-order valence-corrected chi connectivity index (χ4v) is 3.57. The van der Waals surface area contributed by atoms with Crippen LogP contribution in [0.15, 0.2) is 24.3 Å². The van der Waals surface area contributed by atoms with Gasteiger partial charge in [0.2, 0.25) is 0 Å². The molecule has 0 radical (unpaired) electrons. The molecule has 0 bridgehead atoms. The van der Waals surface area contributed by atoms with E-state index in [1.807, 2.05) is 0 Å². The predicted molar refractivity (Wildman–Crippen MR) is 74.4 cm³/mol. The second kappa shape index (κ2) is 5.86. The molecule has 0 heterocycles. The molecule has 0 N–H and O–H groups in total.